The zero-order valence-electron chi connectivity index (χ0n) is 24.4. The summed E-state index contributed by atoms with van der Waals surface area (Å²) in [5.74, 6) is -0.0133. The molecular weight excluding hydrogens is 651 g/mol. The molecule has 0 bridgehead atoms. The highest BCUT2D eigenvalue weighted by molar-refractivity contribution is 7.92. The van der Waals surface area contributed by atoms with Gasteiger partial charge in [0.05, 0.1) is 53.9 Å². The number of rotatable bonds is 11. The molecule has 10 nitrogen and oxygen atoms in total. The molecule has 1 heterocycles. The van der Waals surface area contributed by atoms with Crippen LogP contribution in [0.2, 0.25) is 15.1 Å². The third-order valence-corrected chi connectivity index (χ3v) is 9.47. The Hall–Kier alpha value is -3.90. The minimum atomic E-state index is -4.36. The van der Waals surface area contributed by atoms with E-state index in [9.17, 15) is 13.2 Å². The number of carbonyl (C=O) groups excluding carboxylic acids is 1. The van der Waals surface area contributed by atoms with Gasteiger partial charge >= 0.3 is 0 Å². The maximum absolute atomic E-state index is 14.0. The van der Waals surface area contributed by atoms with Crippen LogP contribution in [0.4, 0.5) is 5.69 Å². The first-order valence-electron chi connectivity index (χ1n) is 13.0. The number of nitrogens with zero attached hydrogens (tertiary/aromatic N) is 3. The van der Waals surface area contributed by atoms with Gasteiger partial charge in [0.1, 0.15) is 12.3 Å². The summed E-state index contributed by atoms with van der Waals surface area (Å²) in [6.07, 6.45) is 1.46. The number of nitrogens with one attached hydrogen (secondary N) is 1. The average molecular weight is 680 g/mol. The van der Waals surface area contributed by atoms with Crippen LogP contribution in [0.25, 0.3) is 5.69 Å². The fourth-order valence-electron chi connectivity index (χ4n) is 4.56. The number of amides is 1. The molecule has 0 aliphatic carbocycles. The Morgan fingerprint density at radius 1 is 0.932 bits per heavy atom. The number of hydrogen-bond donors (Lipinski definition) is 1. The second-order valence-electron chi connectivity index (χ2n) is 9.37. The van der Waals surface area contributed by atoms with Crippen LogP contribution in [0.3, 0.4) is 0 Å². The molecule has 0 saturated carbocycles. The molecule has 0 aliphatic heterocycles. The number of methoxy groups -OCH3 is 3. The number of halogens is 3. The second-order valence-corrected chi connectivity index (χ2v) is 12.5. The van der Waals surface area contributed by atoms with E-state index in [0.29, 0.717) is 27.0 Å². The van der Waals surface area contributed by atoms with E-state index in [0.717, 1.165) is 15.7 Å². The van der Waals surface area contributed by atoms with Gasteiger partial charge in [0, 0.05) is 28.0 Å². The molecule has 1 amide bonds. The number of carbonyl (C=O) groups is 1. The van der Waals surface area contributed by atoms with E-state index >= 15 is 0 Å². The van der Waals surface area contributed by atoms with Crippen LogP contribution >= 0.6 is 34.8 Å². The fraction of sp³-hybridized carbons (Fsp3) is 0.200. The van der Waals surface area contributed by atoms with Gasteiger partial charge in [-0.1, -0.05) is 40.9 Å². The molecule has 4 rings (SSSR count). The van der Waals surface area contributed by atoms with E-state index in [4.69, 9.17) is 49.0 Å². The van der Waals surface area contributed by atoms with Crippen molar-refractivity contribution in [3.8, 4) is 22.9 Å². The summed E-state index contributed by atoms with van der Waals surface area (Å²) < 4.78 is 46.7. The van der Waals surface area contributed by atoms with Gasteiger partial charge in [-0.15, -0.1) is 0 Å². The summed E-state index contributed by atoms with van der Waals surface area (Å²) in [6, 6.07) is 15.8. The van der Waals surface area contributed by atoms with Crippen LogP contribution in [0, 0.1) is 13.8 Å². The highest BCUT2D eigenvalue weighted by Gasteiger charge is 2.31. The van der Waals surface area contributed by atoms with Crippen LogP contribution in [0.15, 0.2) is 70.7 Å². The molecule has 4 aromatic rings. The first kappa shape index (κ1) is 33.0. The molecule has 0 radical (unpaired) electrons. The van der Waals surface area contributed by atoms with Crippen molar-refractivity contribution in [2.45, 2.75) is 18.7 Å². The molecule has 44 heavy (non-hydrogen) atoms. The zero-order valence-corrected chi connectivity index (χ0v) is 27.5. The molecule has 14 heteroatoms. The van der Waals surface area contributed by atoms with E-state index in [1.54, 1.807) is 18.2 Å². The Bertz CT molecular complexity index is 1840. The average Bonchev–Trinajstić information content (AvgIpc) is 3.28. The van der Waals surface area contributed by atoms with Gasteiger partial charge in [-0.3, -0.25) is 9.10 Å². The van der Waals surface area contributed by atoms with Crippen molar-refractivity contribution in [1.82, 2.24) is 9.99 Å². The maximum Gasteiger partial charge on any atom is 0.265 e. The Morgan fingerprint density at radius 2 is 1.61 bits per heavy atom. The largest absolute Gasteiger partial charge is 0.495 e. The van der Waals surface area contributed by atoms with E-state index < -0.39 is 22.5 Å². The highest BCUT2D eigenvalue weighted by atomic mass is 35.5. The standard InChI is InChI=1S/C30H29Cl3N4O6S/c1-18-13-20(19(2)37(18)24-8-6-7-23(32)30(24)33)16-34-35-29(38)17-36(25-14-21(31)9-11-26(25)41-3)44(39,40)22-10-12-27(42-4)28(15-22)43-5/h6-16H,17H2,1-5H3,(H,35,38)/b34-16-. The number of anilines is 1. The lowest BCUT2D eigenvalue weighted by molar-refractivity contribution is -0.119. The van der Waals surface area contributed by atoms with E-state index in [2.05, 4.69) is 10.5 Å². The number of hydrogen-bond acceptors (Lipinski definition) is 7. The zero-order chi connectivity index (χ0) is 32.2. The predicted molar refractivity (Wildman–Crippen MR) is 173 cm³/mol. The number of aromatic nitrogens is 1. The molecule has 0 unspecified atom stereocenters. The number of benzene rings is 3. The minimum Gasteiger partial charge on any atom is -0.495 e. The summed E-state index contributed by atoms with van der Waals surface area (Å²) in [4.78, 5) is 13.0. The molecular formula is C30H29Cl3N4O6S. The smallest absolute Gasteiger partial charge is 0.265 e. The van der Waals surface area contributed by atoms with Crippen molar-refractivity contribution in [3.63, 3.8) is 0 Å². The first-order valence-corrected chi connectivity index (χ1v) is 15.5. The molecule has 0 spiro atoms. The molecule has 0 atom stereocenters. The Labute approximate surface area is 270 Å². The Balaban J connectivity index is 1.65. The first-order chi connectivity index (χ1) is 20.9. The molecule has 0 aliphatic rings. The van der Waals surface area contributed by atoms with Gasteiger partial charge in [0.15, 0.2) is 11.5 Å². The van der Waals surface area contributed by atoms with Gasteiger partial charge in [0.25, 0.3) is 15.9 Å². The van der Waals surface area contributed by atoms with Gasteiger partial charge in [-0.25, -0.2) is 13.8 Å². The Morgan fingerprint density at radius 3 is 2.30 bits per heavy atom. The van der Waals surface area contributed by atoms with Crippen LogP contribution in [-0.4, -0.2) is 53.0 Å². The molecule has 1 N–H and O–H groups in total. The minimum absolute atomic E-state index is 0.0517. The van der Waals surface area contributed by atoms with Gasteiger partial charge < -0.3 is 18.8 Å². The molecule has 0 saturated heterocycles. The second kappa shape index (κ2) is 13.8. The van der Waals surface area contributed by atoms with Gasteiger partial charge in [0.2, 0.25) is 0 Å². The Kier molecular flexibility index (Phi) is 10.4. The molecule has 232 valence electrons. The highest BCUT2D eigenvalue weighted by Crippen LogP contribution is 2.37. The lowest BCUT2D eigenvalue weighted by Crippen LogP contribution is -2.39. The van der Waals surface area contributed by atoms with Crippen LogP contribution in [0.1, 0.15) is 17.0 Å². The van der Waals surface area contributed by atoms with Crippen molar-refractivity contribution >= 4 is 62.6 Å². The van der Waals surface area contributed by atoms with E-state index in [-0.39, 0.29) is 27.1 Å². The van der Waals surface area contributed by atoms with Crippen molar-refractivity contribution in [2.75, 3.05) is 32.2 Å². The van der Waals surface area contributed by atoms with Gasteiger partial charge in [-0.2, -0.15) is 5.10 Å². The number of sulfonamides is 1. The van der Waals surface area contributed by atoms with Crippen LogP contribution < -0.4 is 23.9 Å². The summed E-state index contributed by atoms with van der Waals surface area (Å²) >= 11 is 18.9. The van der Waals surface area contributed by atoms with Crippen molar-refractivity contribution in [1.29, 1.82) is 0 Å². The summed E-state index contributed by atoms with van der Waals surface area (Å²) in [5, 5.41) is 5.15. The van der Waals surface area contributed by atoms with Gasteiger partial charge in [-0.05, 0) is 62.4 Å². The van der Waals surface area contributed by atoms with Crippen LogP contribution in [-0.2, 0) is 14.8 Å². The number of hydrazone groups is 1. The number of aryl methyl sites for hydroxylation is 1. The monoisotopic (exact) mass is 678 g/mol. The van der Waals surface area contributed by atoms with E-state index in [1.165, 1.54) is 57.9 Å². The number of ether oxygens (including phenoxy) is 3. The fourth-order valence-corrected chi connectivity index (χ4v) is 6.54. The third kappa shape index (κ3) is 6.76. The van der Waals surface area contributed by atoms with Crippen molar-refractivity contribution in [2.24, 2.45) is 5.10 Å². The summed E-state index contributed by atoms with van der Waals surface area (Å²) in [5.41, 5.74) is 5.52. The molecule has 0 fully saturated rings. The molecule has 3 aromatic carbocycles. The molecule has 1 aromatic heterocycles. The maximum atomic E-state index is 14.0. The SMILES string of the molecule is COc1ccc(S(=O)(=O)N(CC(=O)N/N=C\c2cc(C)n(-c3cccc(Cl)c3Cl)c2C)c2cc(Cl)ccc2OC)cc1OC. The predicted octanol–water partition coefficient (Wildman–Crippen LogP) is 6.43. The summed E-state index contributed by atoms with van der Waals surface area (Å²) in [6.45, 7) is 3.12. The normalized spacial score (nSPS) is 11.5. The van der Waals surface area contributed by atoms with Crippen molar-refractivity contribution < 1.29 is 27.4 Å². The van der Waals surface area contributed by atoms with Crippen LogP contribution in [0.5, 0.6) is 17.2 Å². The third-order valence-electron chi connectivity index (χ3n) is 6.68. The van der Waals surface area contributed by atoms with Crippen molar-refractivity contribution in [3.05, 3.63) is 92.7 Å². The summed E-state index contributed by atoms with van der Waals surface area (Å²) in [7, 11) is -0.158. The van der Waals surface area contributed by atoms with E-state index in [1.807, 2.05) is 30.5 Å². The quantitative estimate of drug-likeness (QED) is 0.145. The lowest BCUT2D eigenvalue weighted by atomic mass is 10.2. The lowest BCUT2D eigenvalue weighted by Gasteiger charge is -2.25. The topological polar surface area (TPSA) is 111 Å².